The van der Waals surface area contributed by atoms with Gasteiger partial charge >= 0.3 is 0 Å². The molecule has 0 aliphatic carbocycles. The maximum Gasteiger partial charge on any atom is 0.250 e. The summed E-state index contributed by atoms with van der Waals surface area (Å²) in [6, 6.07) is 6.55. The number of aliphatic hydroxyl groups excluding tert-OH is 1. The third kappa shape index (κ3) is 3.81. The van der Waals surface area contributed by atoms with Crippen LogP contribution in [-0.2, 0) is 25.8 Å². The molecule has 11 nitrogen and oxygen atoms in total. The van der Waals surface area contributed by atoms with Gasteiger partial charge in [-0.2, -0.15) is 0 Å². The van der Waals surface area contributed by atoms with E-state index in [1.54, 1.807) is 14.5 Å². The SMILES string of the molecule is CCCN1CC=C[C@]2(C)O[C@]34C=CCN(Cn5nnc6ccccc65)C(=O)C3N(CCCO)C(=O)[C@@H]4[C@@H]2C1=O. The van der Waals surface area contributed by atoms with Crippen LogP contribution >= 0.6 is 0 Å². The van der Waals surface area contributed by atoms with Crippen molar-refractivity contribution in [3.8, 4) is 0 Å². The molecule has 1 N–H and O–H groups in total. The molecule has 206 valence electrons. The largest absolute Gasteiger partial charge is 0.396 e. The molecule has 2 fully saturated rings. The molecule has 11 heteroatoms. The van der Waals surface area contributed by atoms with Gasteiger partial charge in [-0.3, -0.25) is 14.4 Å². The van der Waals surface area contributed by atoms with Gasteiger partial charge in [0.15, 0.2) is 0 Å². The summed E-state index contributed by atoms with van der Waals surface area (Å²) in [5.74, 6) is -2.31. The topological polar surface area (TPSA) is 121 Å². The Morgan fingerprint density at radius 3 is 2.56 bits per heavy atom. The van der Waals surface area contributed by atoms with Crippen LogP contribution in [0.3, 0.4) is 0 Å². The van der Waals surface area contributed by atoms with E-state index in [2.05, 4.69) is 10.3 Å². The first kappa shape index (κ1) is 25.7. The second-order valence-corrected chi connectivity index (χ2v) is 11.0. The van der Waals surface area contributed by atoms with Crippen molar-refractivity contribution in [1.82, 2.24) is 29.7 Å². The number of fused-ring (bicyclic) bond motifs is 3. The highest BCUT2D eigenvalue weighted by atomic mass is 16.5. The molecule has 1 aromatic heterocycles. The Morgan fingerprint density at radius 2 is 1.77 bits per heavy atom. The van der Waals surface area contributed by atoms with Crippen molar-refractivity contribution in [3.63, 3.8) is 0 Å². The number of nitrogens with zero attached hydrogens (tertiary/aromatic N) is 6. The second-order valence-electron chi connectivity index (χ2n) is 11.0. The summed E-state index contributed by atoms with van der Waals surface area (Å²) in [6.45, 7) is 5.40. The van der Waals surface area contributed by atoms with E-state index in [0.717, 1.165) is 17.5 Å². The molecular formula is C28H34N6O5. The molecule has 1 aromatic carbocycles. The van der Waals surface area contributed by atoms with Crippen molar-refractivity contribution < 1.29 is 24.2 Å². The number of rotatable bonds is 7. The van der Waals surface area contributed by atoms with Gasteiger partial charge in [-0.25, -0.2) is 4.68 Å². The van der Waals surface area contributed by atoms with E-state index in [4.69, 9.17) is 4.74 Å². The third-order valence-corrected chi connectivity index (χ3v) is 8.50. The molecule has 1 unspecified atom stereocenters. The van der Waals surface area contributed by atoms with Crippen LogP contribution in [0.1, 0.15) is 26.7 Å². The highest BCUT2D eigenvalue weighted by Crippen LogP contribution is 2.57. The van der Waals surface area contributed by atoms with Crippen molar-refractivity contribution >= 4 is 28.8 Å². The molecule has 2 aromatic rings. The molecular weight excluding hydrogens is 500 g/mol. The van der Waals surface area contributed by atoms with Gasteiger partial charge in [0.25, 0.3) is 5.91 Å². The van der Waals surface area contributed by atoms with Gasteiger partial charge in [0.05, 0.1) is 23.0 Å². The van der Waals surface area contributed by atoms with E-state index in [1.165, 1.54) is 4.90 Å². The predicted octanol–water partition coefficient (Wildman–Crippen LogP) is 0.949. The van der Waals surface area contributed by atoms with Crippen molar-refractivity contribution in [2.24, 2.45) is 11.8 Å². The summed E-state index contributed by atoms with van der Waals surface area (Å²) in [5, 5.41) is 18.0. The van der Waals surface area contributed by atoms with Crippen LogP contribution in [0.5, 0.6) is 0 Å². The maximum absolute atomic E-state index is 14.3. The molecule has 0 radical (unpaired) electrons. The van der Waals surface area contributed by atoms with Gasteiger partial charge < -0.3 is 24.5 Å². The first-order chi connectivity index (χ1) is 18.8. The minimum atomic E-state index is -1.31. The number of likely N-dealkylation sites (tertiary alicyclic amines) is 1. The molecule has 39 heavy (non-hydrogen) atoms. The normalized spacial score (nSPS) is 32.0. The fourth-order valence-electron chi connectivity index (χ4n) is 6.88. The lowest BCUT2D eigenvalue weighted by atomic mass is 9.74. The number of ether oxygens (including phenoxy) is 1. The van der Waals surface area contributed by atoms with E-state index in [-0.39, 0.29) is 44.1 Å². The van der Waals surface area contributed by atoms with Crippen LogP contribution in [0.4, 0.5) is 0 Å². The monoisotopic (exact) mass is 534 g/mol. The Morgan fingerprint density at radius 1 is 1.00 bits per heavy atom. The summed E-state index contributed by atoms with van der Waals surface area (Å²) >= 11 is 0. The zero-order valence-corrected chi connectivity index (χ0v) is 22.3. The van der Waals surface area contributed by atoms with Gasteiger partial charge in [-0.1, -0.05) is 48.6 Å². The van der Waals surface area contributed by atoms with Gasteiger partial charge in [-0.05, 0) is 31.9 Å². The van der Waals surface area contributed by atoms with E-state index in [9.17, 15) is 19.5 Å². The maximum atomic E-state index is 14.3. The van der Waals surface area contributed by atoms with E-state index in [1.807, 2.05) is 62.4 Å². The third-order valence-electron chi connectivity index (χ3n) is 8.50. The number of carbonyl (C=O) groups excluding carboxylic acids is 3. The fraction of sp³-hybridized carbons (Fsp3) is 0.536. The summed E-state index contributed by atoms with van der Waals surface area (Å²) < 4.78 is 8.47. The number of amides is 3. The second kappa shape index (κ2) is 9.56. The van der Waals surface area contributed by atoms with Crippen molar-refractivity contribution in [1.29, 1.82) is 0 Å². The van der Waals surface area contributed by atoms with Crippen molar-refractivity contribution in [3.05, 3.63) is 48.6 Å². The highest BCUT2D eigenvalue weighted by molar-refractivity contribution is 6.00. The van der Waals surface area contributed by atoms with Crippen molar-refractivity contribution in [2.45, 2.75) is 50.6 Å². The highest BCUT2D eigenvalue weighted by Gasteiger charge is 2.74. The predicted molar refractivity (Wildman–Crippen MR) is 141 cm³/mol. The van der Waals surface area contributed by atoms with Gasteiger partial charge in [0, 0.05) is 32.8 Å². The standard InChI is InChI=1S/C28H34N6O5/c1-3-13-31-14-6-11-27(2)21(24(31)36)22-25(37)33(16-8-17-35)23-26(38)32(15-7-12-28(22,23)39-27)18-34-20-10-5-4-9-19(20)29-30-34/h4-7,9-12,21-23,35H,3,8,13-18H2,1-2H3/t21-,22+,23?,27+,28+/m1/s1. The van der Waals surface area contributed by atoms with Crippen LogP contribution in [0.2, 0.25) is 0 Å². The van der Waals surface area contributed by atoms with E-state index in [0.29, 0.717) is 19.5 Å². The molecule has 5 atom stereocenters. The van der Waals surface area contributed by atoms with Crippen LogP contribution < -0.4 is 0 Å². The van der Waals surface area contributed by atoms with Crippen LogP contribution in [-0.4, -0.2) is 103 Å². The minimum absolute atomic E-state index is 0.124. The fourth-order valence-corrected chi connectivity index (χ4v) is 6.88. The van der Waals surface area contributed by atoms with Crippen LogP contribution in [0.25, 0.3) is 11.0 Å². The first-order valence-corrected chi connectivity index (χ1v) is 13.7. The summed E-state index contributed by atoms with van der Waals surface area (Å²) in [4.78, 5) is 47.4. The number of hydrogen-bond donors (Lipinski definition) is 1. The van der Waals surface area contributed by atoms with E-state index < -0.39 is 29.1 Å². The Bertz CT molecular complexity index is 1370. The lowest BCUT2D eigenvalue weighted by Gasteiger charge is -2.37. The molecule has 5 heterocycles. The minimum Gasteiger partial charge on any atom is -0.396 e. The number of aromatic nitrogens is 3. The number of benzene rings is 1. The molecule has 4 aliphatic rings. The molecule has 6 rings (SSSR count). The van der Waals surface area contributed by atoms with E-state index >= 15 is 0 Å². The Labute approximate surface area is 226 Å². The molecule has 1 spiro atoms. The van der Waals surface area contributed by atoms with Gasteiger partial charge in [0.1, 0.15) is 23.8 Å². The first-order valence-electron chi connectivity index (χ1n) is 13.7. The average molecular weight is 535 g/mol. The Hall–Kier alpha value is -3.57. The quantitative estimate of drug-likeness (QED) is 0.525. The zero-order chi connectivity index (χ0) is 27.4. The lowest BCUT2D eigenvalue weighted by molar-refractivity contribution is -0.153. The van der Waals surface area contributed by atoms with Crippen LogP contribution in [0, 0.1) is 11.8 Å². The number of carbonyl (C=O) groups is 3. The molecule has 4 aliphatic heterocycles. The Kier molecular flexibility index (Phi) is 6.30. The molecule has 0 bridgehead atoms. The molecule has 0 saturated carbocycles. The van der Waals surface area contributed by atoms with Gasteiger partial charge in [-0.15, -0.1) is 5.10 Å². The summed E-state index contributed by atoms with van der Waals surface area (Å²) in [5.41, 5.74) is -0.827. The summed E-state index contributed by atoms with van der Waals surface area (Å²) in [6.07, 6.45) is 8.62. The average Bonchev–Trinajstić information content (AvgIpc) is 3.45. The number of aliphatic hydroxyl groups is 1. The number of para-hydroxylation sites is 1. The lowest BCUT2D eigenvalue weighted by Crippen LogP contribution is -2.56. The van der Waals surface area contributed by atoms with Crippen molar-refractivity contribution in [2.75, 3.05) is 32.8 Å². The molecule has 3 amide bonds. The molecule has 2 saturated heterocycles. The van der Waals surface area contributed by atoms with Gasteiger partial charge in [0.2, 0.25) is 11.8 Å². The number of hydrogen-bond acceptors (Lipinski definition) is 7. The smallest absolute Gasteiger partial charge is 0.250 e. The van der Waals surface area contributed by atoms with Crippen LogP contribution in [0.15, 0.2) is 48.6 Å². The summed E-state index contributed by atoms with van der Waals surface area (Å²) in [7, 11) is 0. The zero-order valence-electron chi connectivity index (χ0n) is 22.3. The Balaban J connectivity index is 1.41.